The van der Waals surface area contributed by atoms with Gasteiger partial charge >= 0.3 is 0 Å². The first-order chi connectivity index (χ1) is 9.33. The molecule has 0 aliphatic heterocycles. The zero-order chi connectivity index (χ0) is 13.5. The maximum Gasteiger partial charge on any atom is 0.153 e. The van der Waals surface area contributed by atoms with Crippen molar-refractivity contribution in [2.75, 3.05) is 13.7 Å². The summed E-state index contributed by atoms with van der Waals surface area (Å²) in [6.07, 6.45) is 7.59. The number of methoxy groups -OCH3 is 1. The van der Waals surface area contributed by atoms with Crippen LogP contribution < -0.4 is 0 Å². The summed E-state index contributed by atoms with van der Waals surface area (Å²) in [7, 11) is 1.69. The third kappa shape index (κ3) is 3.82. The van der Waals surface area contributed by atoms with Crippen molar-refractivity contribution in [3.63, 3.8) is 0 Å². The first kappa shape index (κ1) is 13.6. The molecule has 6 heteroatoms. The summed E-state index contributed by atoms with van der Waals surface area (Å²) in [4.78, 5) is 12.9. The fraction of sp³-hybridized carbons (Fsp3) is 0.538. The summed E-state index contributed by atoms with van der Waals surface area (Å²) in [5.41, 5.74) is 0.978. The minimum atomic E-state index is 0.650. The summed E-state index contributed by atoms with van der Waals surface area (Å²) < 4.78 is 7.00. The molecule has 6 nitrogen and oxygen atoms in total. The predicted octanol–water partition coefficient (Wildman–Crippen LogP) is 1.06. The summed E-state index contributed by atoms with van der Waals surface area (Å²) in [6, 6.07) is 0. The normalized spacial score (nSPS) is 10.8. The summed E-state index contributed by atoms with van der Waals surface area (Å²) >= 11 is 0. The van der Waals surface area contributed by atoms with Gasteiger partial charge in [-0.05, 0) is 13.3 Å². The third-order valence-electron chi connectivity index (χ3n) is 2.84. The van der Waals surface area contributed by atoms with Crippen LogP contribution in [-0.4, -0.2) is 38.4 Å². The van der Waals surface area contributed by atoms with Crippen LogP contribution in [-0.2, 0) is 30.5 Å². The molecular weight excluding hydrogens is 242 g/mol. The van der Waals surface area contributed by atoms with Crippen molar-refractivity contribution in [2.45, 2.75) is 32.7 Å². The van der Waals surface area contributed by atoms with Gasteiger partial charge < -0.3 is 4.74 Å². The van der Waals surface area contributed by atoms with Gasteiger partial charge in [-0.2, -0.15) is 5.10 Å². The number of aromatic nitrogens is 5. The fourth-order valence-electron chi connectivity index (χ4n) is 1.86. The molecule has 0 N–H and O–H groups in total. The lowest BCUT2D eigenvalue weighted by molar-refractivity contribution is 0.200. The molecule has 2 heterocycles. The van der Waals surface area contributed by atoms with Crippen molar-refractivity contribution in [1.82, 2.24) is 24.7 Å². The molecule has 0 bridgehead atoms. The lowest BCUT2D eigenvalue weighted by Gasteiger charge is -2.01. The van der Waals surface area contributed by atoms with Gasteiger partial charge in [-0.3, -0.25) is 14.6 Å². The molecule has 102 valence electrons. The number of aryl methyl sites for hydroxylation is 3. The molecule has 0 radical (unpaired) electrons. The lowest BCUT2D eigenvalue weighted by atomic mass is 10.2. The largest absolute Gasteiger partial charge is 0.384 e. The highest BCUT2D eigenvalue weighted by Gasteiger charge is 2.09. The highest BCUT2D eigenvalue weighted by atomic mass is 16.5. The van der Waals surface area contributed by atoms with Gasteiger partial charge in [0, 0.05) is 45.1 Å². The first-order valence-corrected chi connectivity index (χ1v) is 6.50. The van der Waals surface area contributed by atoms with Gasteiger partial charge in [0.2, 0.25) is 0 Å². The van der Waals surface area contributed by atoms with Crippen molar-refractivity contribution in [2.24, 2.45) is 0 Å². The SMILES string of the molecule is CCn1nc(CCOC)nc1CCc1cnccn1. The minimum Gasteiger partial charge on any atom is -0.384 e. The summed E-state index contributed by atoms with van der Waals surface area (Å²) in [6.45, 7) is 3.55. The van der Waals surface area contributed by atoms with Crippen LogP contribution in [0.25, 0.3) is 0 Å². The van der Waals surface area contributed by atoms with E-state index in [1.54, 1.807) is 25.7 Å². The van der Waals surface area contributed by atoms with Crippen LogP contribution in [0.3, 0.4) is 0 Å². The van der Waals surface area contributed by atoms with Crippen LogP contribution in [0.2, 0.25) is 0 Å². The molecule has 2 aromatic rings. The Bertz CT molecular complexity index is 497. The number of nitrogens with zero attached hydrogens (tertiary/aromatic N) is 5. The molecule has 0 fully saturated rings. The van der Waals surface area contributed by atoms with E-state index in [4.69, 9.17) is 4.74 Å². The van der Waals surface area contributed by atoms with Gasteiger partial charge in [-0.15, -0.1) is 0 Å². The number of rotatable bonds is 7. The standard InChI is InChI=1S/C13H19N5O/c1-3-18-13(16-12(17-18)6-9-19-2)5-4-11-10-14-7-8-15-11/h7-8,10H,3-6,9H2,1-2H3. The van der Waals surface area contributed by atoms with Crippen LogP contribution in [0.15, 0.2) is 18.6 Å². The van der Waals surface area contributed by atoms with E-state index in [9.17, 15) is 0 Å². The van der Waals surface area contributed by atoms with Crippen molar-refractivity contribution in [3.05, 3.63) is 35.9 Å². The smallest absolute Gasteiger partial charge is 0.153 e. The molecule has 0 saturated heterocycles. The highest BCUT2D eigenvalue weighted by molar-refractivity contribution is 5.00. The second-order valence-corrected chi connectivity index (χ2v) is 4.20. The maximum atomic E-state index is 5.05. The molecule has 2 aromatic heterocycles. The van der Waals surface area contributed by atoms with Crippen molar-refractivity contribution in [3.8, 4) is 0 Å². The van der Waals surface area contributed by atoms with E-state index in [0.717, 1.165) is 43.1 Å². The van der Waals surface area contributed by atoms with Crippen molar-refractivity contribution in [1.29, 1.82) is 0 Å². The number of ether oxygens (including phenoxy) is 1. The molecule has 0 atom stereocenters. The average Bonchev–Trinajstić information content (AvgIpc) is 2.86. The van der Waals surface area contributed by atoms with Gasteiger partial charge in [0.15, 0.2) is 5.82 Å². The minimum absolute atomic E-state index is 0.650. The molecule has 19 heavy (non-hydrogen) atoms. The first-order valence-electron chi connectivity index (χ1n) is 6.50. The monoisotopic (exact) mass is 261 g/mol. The zero-order valence-electron chi connectivity index (χ0n) is 11.4. The average molecular weight is 261 g/mol. The summed E-state index contributed by atoms with van der Waals surface area (Å²) in [5, 5.41) is 4.47. The second-order valence-electron chi connectivity index (χ2n) is 4.20. The fourth-order valence-corrected chi connectivity index (χ4v) is 1.86. The topological polar surface area (TPSA) is 65.7 Å². The van der Waals surface area contributed by atoms with Crippen LogP contribution in [0.4, 0.5) is 0 Å². The van der Waals surface area contributed by atoms with Crippen molar-refractivity contribution < 1.29 is 4.74 Å². The molecule has 2 rings (SSSR count). The van der Waals surface area contributed by atoms with E-state index < -0.39 is 0 Å². The Labute approximate surface area is 112 Å². The van der Waals surface area contributed by atoms with Crippen LogP contribution in [0.5, 0.6) is 0 Å². The molecule has 0 spiro atoms. The zero-order valence-corrected chi connectivity index (χ0v) is 11.4. The molecule has 0 unspecified atom stereocenters. The molecule has 0 amide bonds. The number of hydrogen-bond donors (Lipinski definition) is 0. The van der Waals surface area contributed by atoms with E-state index in [1.165, 1.54) is 0 Å². The Morgan fingerprint density at radius 3 is 2.79 bits per heavy atom. The van der Waals surface area contributed by atoms with E-state index >= 15 is 0 Å². The molecular formula is C13H19N5O. The van der Waals surface area contributed by atoms with E-state index in [-0.39, 0.29) is 0 Å². The van der Waals surface area contributed by atoms with Crippen LogP contribution in [0, 0.1) is 0 Å². The predicted molar refractivity (Wildman–Crippen MR) is 70.7 cm³/mol. The molecule has 0 aromatic carbocycles. The number of hydrogen-bond acceptors (Lipinski definition) is 5. The Balaban J connectivity index is 2.00. The lowest BCUT2D eigenvalue weighted by Crippen LogP contribution is -2.05. The molecule has 0 saturated carbocycles. The van der Waals surface area contributed by atoms with Crippen LogP contribution in [0.1, 0.15) is 24.3 Å². The summed E-state index contributed by atoms with van der Waals surface area (Å²) in [5.74, 6) is 1.84. The highest BCUT2D eigenvalue weighted by Crippen LogP contribution is 2.05. The quantitative estimate of drug-likeness (QED) is 0.745. The van der Waals surface area contributed by atoms with Crippen LogP contribution >= 0.6 is 0 Å². The Kier molecular flexibility index (Phi) is 4.97. The van der Waals surface area contributed by atoms with E-state index in [1.807, 2.05) is 4.68 Å². The Morgan fingerprint density at radius 2 is 2.11 bits per heavy atom. The Hall–Kier alpha value is -1.82. The molecule has 0 aliphatic carbocycles. The van der Waals surface area contributed by atoms with Gasteiger partial charge in [0.25, 0.3) is 0 Å². The molecule has 0 aliphatic rings. The van der Waals surface area contributed by atoms with Gasteiger partial charge in [-0.1, -0.05) is 0 Å². The van der Waals surface area contributed by atoms with Gasteiger partial charge in [-0.25, -0.2) is 4.98 Å². The Morgan fingerprint density at radius 1 is 1.21 bits per heavy atom. The van der Waals surface area contributed by atoms with Gasteiger partial charge in [0.05, 0.1) is 12.3 Å². The second kappa shape index (κ2) is 6.94. The maximum absolute atomic E-state index is 5.05. The van der Waals surface area contributed by atoms with E-state index in [2.05, 4.69) is 27.0 Å². The third-order valence-corrected chi connectivity index (χ3v) is 2.84. The van der Waals surface area contributed by atoms with Gasteiger partial charge in [0.1, 0.15) is 5.82 Å². The van der Waals surface area contributed by atoms with E-state index in [0.29, 0.717) is 6.61 Å². The van der Waals surface area contributed by atoms with Crippen molar-refractivity contribution >= 4 is 0 Å².